The number of aryl methyl sites for hydroxylation is 1. The zero-order valence-electron chi connectivity index (χ0n) is 12.8. The van der Waals surface area contributed by atoms with Crippen LogP contribution in [0.3, 0.4) is 0 Å². The van der Waals surface area contributed by atoms with Crippen LogP contribution in [-0.4, -0.2) is 11.6 Å². The van der Waals surface area contributed by atoms with Gasteiger partial charge < -0.3 is 11.1 Å². The third-order valence-corrected chi connectivity index (χ3v) is 3.92. The second-order valence-electron chi connectivity index (χ2n) is 5.79. The van der Waals surface area contributed by atoms with Crippen LogP contribution >= 0.6 is 0 Å². The summed E-state index contributed by atoms with van der Waals surface area (Å²) in [4.78, 5) is 4.28. The monoisotopic (exact) mass is 334 g/mol. The predicted octanol–water partition coefficient (Wildman–Crippen LogP) is 3.08. The van der Waals surface area contributed by atoms with Gasteiger partial charge in [0.2, 0.25) is 0 Å². The lowest BCUT2D eigenvalue weighted by molar-refractivity contribution is -0.137. The van der Waals surface area contributed by atoms with Crippen LogP contribution in [0.15, 0.2) is 53.5 Å². The van der Waals surface area contributed by atoms with E-state index in [1.54, 1.807) is 6.07 Å². The minimum atomic E-state index is -4.36. The van der Waals surface area contributed by atoms with Crippen molar-refractivity contribution in [3.05, 3.63) is 65.2 Å². The molecule has 0 saturated carbocycles. The lowest BCUT2D eigenvalue weighted by Gasteiger charge is -2.33. The maximum atomic E-state index is 12.8. The summed E-state index contributed by atoms with van der Waals surface area (Å²) in [6.45, 7) is 0. The van der Waals surface area contributed by atoms with E-state index >= 15 is 0 Å². The highest BCUT2D eigenvalue weighted by atomic mass is 19.4. The van der Waals surface area contributed by atoms with Crippen LogP contribution in [0, 0.1) is 0 Å². The molecule has 1 unspecified atom stereocenters. The highest BCUT2D eigenvalue weighted by molar-refractivity contribution is 6.04. The molecule has 0 saturated heterocycles. The molecule has 2 aromatic carbocycles. The number of alkyl halides is 3. The zero-order chi connectivity index (χ0) is 17.4. The molecule has 0 aliphatic carbocycles. The molecule has 3 rings (SSSR count). The van der Waals surface area contributed by atoms with Gasteiger partial charge in [-0.25, -0.2) is 4.99 Å². The van der Waals surface area contributed by atoms with Gasteiger partial charge in [0.15, 0.2) is 5.79 Å². The van der Waals surface area contributed by atoms with E-state index in [-0.39, 0.29) is 0 Å². The van der Waals surface area contributed by atoms with Crippen LogP contribution in [-0.2, 0) is 12.6 Å². The molecule has 0 radical (unpaired) electrons. The van der Waals surface area contributed by atoms with Crippen molar-refractivity contribution in [3.63, 3.8) is 0 Å². The minimum Gasteiger partial charge on any atom is -0.383 e. The Morgan fingerprint density at radius 2 is 1.83 bits per heavy atom. The molecular weight excluding hydrogens is 317 g/mol. The summed E-state index contributed by atoms with van der Waals surface area (Å²) in [7, 11) is 0. The van der Waals surface area contributed by atoms with E-state index < -0.39 is 17.5 Å². The number of nitrogens with one attached hydrogen (secondary N) is 1. The second kappa shape index (κ2) is 5.83. The van der Waals surface area contributed by atoms with Crippen molar-refractivity contribution in [2.24, 2.45) is 16.5 Å². The van der Waals surface area contributed by atoms with Crippen molar-refractivity contribution in [2.45, 2.75) is 24.8 Å². The average molecular weight is 334 g/mol. The van der Waals surface area contributed by atoms with Gasteiger partial charge in [-0.2, -0.15) is 13.2 Å². The first-order valence-corrected chi connectivity index (χ1v) is 7.45. The van der Waals surface area contributed by atoms with E-state index in [1.807, 2.05) is 24.3 Å². The van der Waals surface area contributed by atoms with Crippen molar-refractivity contribution in [3.8, 4) is 0 Å². The van der Waals surface area contributed by atoms with Gasteiger partial charge in [-0.3, -0.25) is 5.73 Å². The molecule has 1 aliphatic rings. The summed E-state index contributed by atoms with van der Waals surface area (Å²) >= 11 is 0. The molecule has 1 aliphatic heterocycles. The van der Waals surface area contributed by atoms with E-state index in [4.69, 9.17) is 11.5 Å². The Morgan fingerprint density at radius 3 is 2.58 bits per heavy atom. The first-order chi connectivity index (χ1) is 11.3. The van der Waals surface area contributed by atoms with E-state index in [2.05, 4.69) is 10.3 Å². The van der Waals surface area contributed by atoms with Gasteiger partial charge in [0.1, 0.15) is 5.84 Å². The summed E-state index contributed by atoms with van der Waals surface area (Å²) in [5.74, 6) is -0.831. The van der Waals surface area contributed by atoms with E-state index in [0.29, 0.717) is 24.2 Å². The topological polar surface area (TPSA) is 76.4 Å². The number of fused-ring (bicyclic) bond motifs is 1. The molecule has 7 heteroatoms. The van der Waals surface area contributed by atoms with Crippen LogP contribution in [0.25, 0.3) is 0 Å². The lowest BCUT2D eigenvalue weighted by Crippen LogP contribution is -2.50. The number of nitrogens with two attached hydrogens (primary N) is 2. The molecule has 24 heavy (non-hydrogen) atoms. The van der Waals surface area contributed by atoms with E-state index in [1.165, 1.54) is 6.07 Å². The van der Waals surface area contributed by atoms with Crippen molar-refractivity contribution in [1.82, 2.24) is 0 Å². The molecule has 0 spiro atoms. The maximum Gasteiger partial charge on any atom is 0.416 e. The molecule has 4 nitrogen and oxygen atoms in total. The van der Waals surface area contributed by atoms with Crippen molar-refractivity contribution in [1.29, 1.82) is 0 Å². The molecule has 0 fully saturated rings. The second-order valence-corrected chi connectivity index (χ2v) is 5.79. The quantitative estimate of drug-likeness (QED) is 0.807. The van der Waals surface area contributed by atoms with Gasteiger partial charge in [-0.05, 0) is 30.2 Å². The van der Waals surface area contributed by atoms with Gasteiger partial charge in [0, 0.05) is 17.7 Å². The Morgan fingerprint density at radius 1 is 1.08 bits per heavy atom. The molecular formula is C17H17F3N4. The van der Waals surface area contributed by atoms with E-state index in [9.17, 15) is 13.2 Å². The fourth-order valence-corrected chi connectivity index (χ4v) is 2.71. The highest BCUT2D eigenvalue weighted by Crippen LogP contribution is 2.31. The summed E-state index contributed by atoms with van der Waals surface area (Å²) in [5, 5.41) is 3.11. The number of hydrogen-bond acceptors (Lipinski definition) is 4. The van der Waals surface area contributed by atoms with Crippen LogP contribution < -0.4 is 16.8 Å². The SMILES string of the molecule is NC1=NC(N)(CCc2cccc(C(F)(F)F)c2)Nc2ccccc21. The van der Waals surface area contributed by atoms with Gasteiger partial charge in [-0.15, -0.1) is 0 Å². The number of amidine groups is 1. The fraction of sp³-hybridized carbons (Fsp3) is 0.235. The normalized spacial score (nSPS) is 20.1. The number of benzene rings is 2. The summed E-state index contributed by atoms with van der Waals surface area (Å²) in [6, 6.07) is 12.6. The smallest absolute Gasteiger partial charge is 0.383 e. The molecule has 2 aromatic rings. The fourth-order valence-electron chi connectivity index (χ4n) is 2.71. The van der Waals surface area contributed by atoms with Crippen molar-refractivity contribution < 1.29 is 13.2 Å². The summed E-state index contributed by atoms with van der Waals surface area (Å²) in [5.41, 5.74) is 13.6. The van der Waals surface area contributed by atoms with Crippen LogP contribution in [0.5, 0.6) is 0 Å². The number of nitrogens with zero attached hydrogens (tertiary/aromatic N) is 1. The predicted molar refractivity (Wildman–Crippen MR) is 87.5 cm³/mol. The number of hydrogen-bond donors (Lipinski definition) is 3. The van der Waals surface area contributed by atoms with Crippen LogP contribution in [0.1, 0.15) is 23.1 Å². The third kappa shape index (κ3) is 3.35. The van der Waals surface area contributed by atoms with E-state index in [0.717, 1.165) is 23.4 Å². The number of para-hydroxylation sites is 1. The number of halogens is 3. The van der Waals surface area contributed by atoms with Crippen LogP contribution in [0.4, 0.5) is 18.9 Å². The van der Waals surface area contributed by atoms with Gasteiger partial charge >= 0.3 is 6.18 Å². The van der Waals surface area contributed by atoms with Crippen molar-refractivity contribution in [2.75, 3.05) is 5.32 Å². The standard InChI is InChI=1S/C17H17F3N4/c18-17(19,20)12-5-3-4-11(10-12)8-9-16(22)23-14-7-2-1-6-13(14)15(21)24-16/h1-7,10,23H,8-9,22H2,(H2,21,24). The molecule has 126 valence electrons. The Hall–Kier alpha value is -2.54. The lowest BCUT2D eigenvalue weighted by atomic mass is 10.0. The minimum absolute atomic E-state index is 0.309. The Bertz CT molecular complexity index is 785. The third-order valence-electron chi connectivity index (χ3n) is 3.92. The molecule has 0 amide bonds. The maximum absolute atomic E-state index is 12.8. The van der Waals surface area contributed by atoms with Crippen LogP contribution in [0.2, 0.25) is 0 Å². The van der Waals surface area contributed by atoms with Gasteiger partial charge in [0.25, 0.3) is 0 Å². The zero-order valence-corrected chi connectivity index (χ0v) is 12.8. The summed E-state index contributed by atoms with van der Waals surface area (Å²) in [6.07, 6.45) is -3.71. The molecule has 1 atom stereocenters. The number of anilines is 1. The summed E-state index contributed by atoms with van der Waals surface area (Å²) < 4.78 is 38.3. The Balaban J connectivity index is 1.77. The largest absolute Gasteiger partial charge is 0.416 e. The molecule has 0 aromatic heterocycles. The number of rotatable bonds is 3. The average Bonchev–Trinajstić information content (AvgIpc) is 2.52. The van der Waals surface area contributed by atoms with Crippen molar-refractivity contribution >= 4 is 11.5 Å². The Labute approximate surface area is 137 Å². The highest BCUT2D eigenvalue weighted by Gasteiger charge is 2.32. The van der Waals surface area contributed by atoms with Gasteiger partial charge in [0.05, 0.1) is 5.56 Å². The van der Waals surface area contributed by atoms with Gasteiger partial charge in [-0.1, -0.05) is 30.3 Å². The first-order valence-electron chi connectivity index (χ1n) is 7.45. The Kier molecular flexibility index (Phi) is 3.96. The first kappa shape index (κ1) is 16.3. The number of aliphatic imine (C=N–C) groups is 1. The molecule has 1 heterocycles. The molecule has 5 N–H and O–H groups in total. The molecule has 0 bridgehead atoms.